The molecule has 6 heteroatoms. The van der Waals surface area contributed by atoms with Crippen molar-refractivity contribution < 1.29 is 4.79 Å². The van der Waals surface area contributed by atoms with Crippen LogP contribution < -0.4 is 5.73 Å². The summed E-state index contributed by atoms with van der Waals surface area (Å²) in [6.07, 6.45) is 1.02. The van der Waals surface area contributed by atoms with Crippen LogP contribution in [0.2, 0.25) is 5.02 Å². The van der Waals surface area contributed by atoms with Gasteiger partial charge in [0.15, 0.2) is 0 Å². The first-order valence-corrected chi connectivity index (χ1v) is 7.84. The molecule has 3 nitrogen and oxygen atoms in total. The van der Waals surface area contributed by atoms with E-state index < -0.39 is 0 Å². The van der Waals surface area contributed by atoms with Gasteiger partial charge in [-0.2, -0.15) is 0 Å². The Bertz CT molecular complexity index is 441. The van der Waals surface area contributed by atoms with Crippen molar-refractivity contribution in [2.45, 2.75) is 24.3 Å². The normalized spacial score (nSPS) is 21.6. The van der Waals surface area contributed by atoms with Crippen molar-refractivity contribution in [3.63, 3.8) is 0 Å². The van der Waals surface area contributed by atoms with Crippen LogP contribution in [-0.2, 0) is 4.79 Å². The number of halogens is 2. The minimum Gasteiger partial charge on any atom is -0.339 e. The third-order valence-corrected chi connectivity index (χ3v) is 4.74. The van der Waals surface area contributed by atoms with Crippen LogP contribution in [0.15, 0.2) is 29.2 Å². The molecule has 1 aliphatic heterocycles. The third kappa shape index (κ3) is 4.55. The molecule has 1 aromatic rings. The van der Waals surface area contributed by atoms with Gasteiger partial charge in [-0.25, -0.2) is 0 Å². The number of carbonyl (C=O) groups is 1. The highest BCUT2D eigenvalue weighted by molar-refractivity contribution is 8.00. The lowest BCUT2D eigenvalue weighted by molar-refractivity contribution is -0.128. The summed E-state index contributed by atoms with van der Waals surface area (Å²) in [6.45, 7) is 3.57. The Balaban J connectivity index is 0.00000200. The Morgan fingerprint density at radius 3 is 2.65 bits per heavy atom. The molecule has 20 heavy (non-hydrogen) atoms. The number of amides is 1. The highest BCUT2D eigenvalue weighted by Gasteiger charge is 2.31. The first-order valence-electron chi connectivity index (χ1n) is 6.48. The van der Waals surface area contributed by atoms with Crippen LogP contribution in [-0.4, -0.2) is 35.7 Å². The van der Waals surface area contributed by atoms with Crippen LogP contribution in [0.4, 0.5) is 0 Å². The lowest BCUT2D eigenvalue weighted by Gasteiger charge is -2.21. The number of hydrogen-bond donors (Lipinski definition) is 1. The number of nitrogens with two attached hydrogens (primary N) is 1. The molecular formula is C14H20Cl2N2OS. The van der Waals surface area contributed by atoms with Crippen LogP contribution in [0.25, 0.3) is 0 Å². The van der Waals surface area contributed by atoms with E-state index in [2.05, 4.69) is 6.92 Å². The Morgan fingerprint density at radius 2 is 2.10 bits per heavy atom. The van der Waals surface area contributed by atoms with Gasteiger partial charge >= 0.3 is 0 Å². The Labute approximate surface area is 135 Å². The van der Waals surface area contributed by atoms with Crippen molar-refractivity contribution in [2.24, 2.45) is 11.7 Å². The zero-order valence-electron chi connectivity index (χ0n) is 11.4. The number of nitrogens with zero attached hydrogens (tertiary/aromatic N) is 1. The Hall–Kier alpha value is -0.420. The van der Waals surface area contributed by atoms with Crippen molar-refractivity contribution in [3.05, 3.63) is 29.3 Å². The first kappa shape index (κ1) is 17.6. The van der Waals surface area contributed by atoms with Gasteiger partial charge in [0.25, 0.3) is 0 Å². The third-order valence-electron chi connectivity index (χ3n) is 3.49. The second-order valence-electron chi connectivity index (χ2n) is 4.98. The monoisotopic (exact) mass is 334 g/mol. The number of carbonyl (C=O) groups excluding carboxylic acids is 1. The molecule has 1 aromatic carbocycles. The van der Waals surface area contributed by atoms with Crippen LogP contribution in [0.1, 0.15) is 13.3 Å². The van der Waals surface area contributed by atoms with Crippen molar-refractivity contribution in [2.75, 3.05) is 18.8 Å². The van der Waals surface area contributed by atoms with E-state index in [0.29, 0.717) is 24.3 Å². The number of hydrogen-bond acceptors (Lipinski definition) is 3. The summed E-state index contributed by atoms with van der Waals surface area (Å²) < 4.78 is 0. The predicted octanol–water partition coefficient (Wildman–Crippen LogP) is 3.05. The Morgan fingerprint density at radius 1 is 1.45 bits per heavy atom. The summed E-state index contributed by atoms with van der Waals surface area (Å²) in [5.74, 6) is 1.13. The molecule has 1 fully saturated rings. The van der Waals surface area contributed by atoms with E-state index in [4.69, 9.17) is 17.3 Å². The lowest BCUT2D eigenvalue weighted by Crippen LogP contribution is -2.35. The topological polar surface area (TPSA) is 46.3 Å². The highest BCUT2D eigenvalue weighted by Crippen LogP contribution is 2.25. The highest BCUT2D eigenvalue weighted by atomic mass is 35.5. The quantitative estimate of drug-likeness (QED) is 0.861. The van der Waals surface area contributed by atoms with Crippen LogP contribution in [0, 0.1) is 5.92 Å². The van der Waals surface area contributed by atoms with E-state index in [0.717, 1.165) is 22.9 Å². The first-order chi connectivity index (χ1) is 9.10. The maximum absolute atomic E-state index is 12.2. The molecular weight excluding hydrogens is 315 g/mol. The molecule has 2 unspecified atom stereocenters. The van der Waals surface area contributed by atoms with Gasteiger partial charge in [0, 0.05) is 22.5 Å². The minimum atomic E-state index is 0. The van der Waals surface area contributed by atoms with Gasteiger partial charge in [0.2, 0.25) is 5.91 Å². The van der Waals surface area contributed by atoms with Crippen LogP contribution >= 0.6 is 35.8 Å². The molecule has 1 amide bonds. The van der Waals surface area contributed by atoms with Gasteiger partial charge in [-0.15, -0.1) is 24.2 Å². The SMILES string of the molecule is CC1CC(CN)CN1C(=O)CSc1ccc(Cl)cc1.Cl. The molecule has 1 aliphatic rings. The van der Waals surface area contributed by atoms with E-state index in [-0.39, 0.29) is 18.3 Å². The van der Waals surface area contributed by atoms with Gasteiger partial charge in [-0.1, -0.05) is 11.6 Å². The molecule has 2 rings (SSSR count). The molecule has 0 bridgehead atoms. The fraction of sp³-hybridized carbons (Fsp3) is 0.500. The fourth-order valence-corrected chi connectivity index (χ4v) is 3.33. The summed E-state index contributed by atoms with van der Waals surface area (Å²) in [5, 5.41) is 0.717. The standard InChI is InChI=1S/C14H19ClN2OS.ClH/c1-10-6-11(7-16)8-17(10)14(18)9-19-13-4-2-12(15)3-5-13;/h2-5,10-11H,6-9,16H2,1H3;1H. The number of likely N-dealkylation sites (tertiary alicyclic amines) is 1. The van der Waals surface area contributed by atoms with Gasteiger partial charge in [0.05, 0.1) is 5.75 Å². The van der Waals surface area contributed by atoms with Crippen LogP contribution in [0.5, 0.6) is 0 Å². The summed E-state index contributed by atoms with van der Waals surface area (Å²) in [6, 6.07) is 7.88. The second-order valence-corrected chi connectivity index (χ2v) is 6.46. The molecule has 1 heterocycles. The molecule has 0 spiro atoms. The summed E-state index contributed by atoms with van der Waals surface area (Å²) in [4.78, 5) is 15.2. The van der Waals surface area contributed by atoms with E-state index >= 15 is 0 Å². The van der Waals surface area contributed by atoms with Crippen molar-refractivity contribution in [1.82, 2.24) is 4.90 Å². The number of benzene rings is 1. The smallest absolute Gasteiger partial charge is 0.233 e. The molecule has 0 aliphatic carbocycles. The molecule has 0 aromatic heterocycles. The largest absolute Gasteiger partial charge is 0.339 e. The molecule has 0 radical (unpaired) electrons. The maximum Gasteiger partial charge on any atom is 0.233 e. The molecule has 2 atom stereocenters. The maximum atomic E-state index is 12.2. The average Bonchev–Trinajstić information content (AvgIpc) is 2.79. The zero-order valence-corrected chi connectivity index (χ0v) is 13.8. The van der Waals surface area contributed by atoms with Crippen molar-refractivity contribution >= 4 is 41.7 Å². The molecule has 0 saturated carbocycles. The Kier molecular flexibility index (Phi) is 7.17. The second kappa shape index (κ2) is 8.13. The summed E-state index contributed by atoms with van der Waals surface area (Å²) in [7, 11) is 0. The fourth-order valence-electron chi connectivity index (χ4n) is 2.42. The molecule has 2 N–H and O–H groups in total. The lowest BCUT2D eigenvalue weighted by atomic mass is 10.1. The van der Waals surface area contributed by atoms with Gasteiger partial charge < -0.3 is 10.6 Å². The van der Waals surface area contributed by atoms with Crippen LogP contribution in [0.3, 0.4) is 0 Å². The molecule has 1 saturated heterocycles. The van der Waals surface area contributed by atoms with E-state index in [9.17, 15) is 4.79 Å². The predicted molar refractivity (Wildman–Crippen MR) is 87.8 cm³/mol. The minimum absolute atomic E-state index is 0. The van der Waals surface area contributed by atoms with E-state index in [1.54, 1.807) is 11.8 Å². The average molecular weight is 335 g/mol. The van der Waals surface area contributed by atoms with Gasteiger partial charge in [-0.3, -0.25) is 4.79 Å². The van der Waals surface area contributed by atoms with Gasteiger partial charge in [0.1, 0.15) is 0 Å². The molecule has 112 valence electrons. The number of rotatable bonds is 4. The zero-order chi connectivity index (χ0) is 13.8. The van der Waals surface area contributed by atoms with E-state index in [1.165, 1.54) is 0 Å². The van der Waals surface area contributed by atoms with Crippen molar-refractivity contribution in [3.8, 4) is 0 Å². The summed E-state index contributed by atoms with van der Waals surface area (Å²) in [5.41, 5.74) is 5.68. The summed E-state index contributed by atoms with van der Waals surface area (Å²) >= 11 is 7.39. The van der Waals surface area contributed by atoms with Crippen molar-refractivity contribution in [1.29, 1.82) is 0 Å². The van der Waals surface area contributed by atoms with Gasteiger partial charge in [-0.05, 0) is 50.1 Å². The van der Waals surface area contributed by atoms with E-state index in [1.807, 2.05) is 29.2 Å². The number of thioether (sulfide) groups is 1.